The zero-order valence-corrected chi connectivity index (χ0v) is 10.8. The first-order valence-electron chi connectivity index (χ1n) is 5.83. The van der Waals surface area contributed by atoms with E-state index in [2.05, 4.69) is 5.32 Å². The van der Waals surface area contributed by atoms with Crippen molar-refractivity contribution in [3.8, 4) is 5.75 Å². The topological polar surface area (TPSA) is 102 Å². The van der Waals surface area contributed by atoms with Gasteiger partial charge in [-0.05, 0) is 13.0 Å². The fourth-order valence-electron chi connectivity index (χ4n) is 1.40. The fourth-order valence-corrected chi connectivity index (χ4v) is 1.40. The molecule has 0 spiro atoms. The number of nitrogens with one attached hydrogen (secondary N) is 1. The minimum absolute atomic E-state index is 0.112. The molecular weight excluding hydrogens is 252 g/mol. The van der Waals surface area contributed by atoms with Crippen LogP contribution in [-0.2, 0) is 4.79 Å². The number of nitrogens with zero attached hydrogens (tertiary/aromatic N) is 1. The summed E-state index contributed by atoms with van der Waals surface area (Å²) in [5.41, 5.74) is 0.473. The Bertz CT molecular complexity index is 475. The summed E-state index contributed by atoms with van der Waals surface area (Å²) in [6, 6.07) is 4.35. The van der Waals surface area contributed by atoms with Crippen molar-refractivity contribution >= 4 is 17.3 Å². The normalized spacial score (nSPS) is 11.7. The molecule has 1 atom stereocenters. The van der Waals surface area contributed by atoms with Crippen LogP contribution in [0.15, 0.2) is 18.2 Å². The molecule has 0 saturated heterocycles. The molecule has 2 N–H and O–H groups in total. The molecule has 1 rings (SSSR count). The zero-order chi connectivity index (χ0) is 14.4. The number of carbonyl (C=O) groups is 1. The molecule has 104 valence electrons. The number of carboxylic acid groups (broad SMARTS) is 1. The van der Waals surface area contributed by atoms with E-state index in [1.807, 2.05) is 0 Å². The highest BCUT2D eigenvalue weighted by molar-refractivity contribution is 5.70. The lowest BCUT2D eigenvalue weighted by Crippen LogP contribution is -2.19. The first-order valence-corrected chi connectivity index (χ1v) is 5.83. The summed E-state index contributed by atoms with van der Waals surface area (Å²) < 4.78 is 5.20. The van der Waals surface area contributed by atoms with Gasteiger partial charge in [0.2, 0.25) is 0 Å². The van der Waals surface area contributed by atoms with Crippen molar-refractivity contribution in [1.82, 2.24) is 0 Å². The van der Waals surface area contributed by atoms with Crippen LogP contribution in [0.4, 0.5) is 11.4 Å². The van der Waals surface area contributed by atoms with Crippen molar-refractivity contribution in [2.24, 2.45) is 5.92 Å². The van der Waals surface area contributed by atoms with E-state index >= 15 is 0 Å². The zero-order valence-electron chi connectivity index (χ0n) is 10.8. The van der Waals surface area contributed by atoms with Crippen LogP contribution in [0.1, 0.15) is 13.8 Å². The summed E-state index contributed by atoms with van der Waals surface area (Å²) >= 11 is 0. The summed E-state index contributed by atoms with van der Waals surface area (Å²) in [6.45, 7) is 3.86. The second kappa shape index (κ2) is 6.58. The number of nitro groups is 1. The van der Waals surface area contributed by atoms with Crippen LogP contribution in [-0.4, -0.2) is 29.2 Å². The van der Waals surface area contributed by atoms with Gasteiger partial charge in [-0.2, -0.15) is 0 Å². The van der Waals surface area contributed by atoms with E-state index in [0.29, 0.717) is 12.3 Å². The monoisotopic (exact) mass is 268 g/mol. The lowest BCUT2D eigenvalue weighted by Gasteiger charge is -2.11. The van der Waals surface area contributed by atoms with Gasteiger partial charge in [0.1, 0.15) is 0 Å². The van der Waals surface area contributed by atoms with Gasteiger partial charge in [-0.1, -0.05) is 6.92 Å². The van der Waals surface area contributed by atoms with Gasteiger partial charge < -0.3 is 15.2 Å². The SMILES string of the molecule is CCOc1cc(NCC(C)C(=O)O)ccc1[N+](=O)[O-]. The second-order valence-electron chi connectivity index (χ2n) is 3.99. The predicted octanol–water partition coefficient (Wildman–Crippen LogP) is 2.13. The number of rotatable bonds is 7. The third-order valence-electron chi connectivity index (χ3n) is 2.49. The van der Waals surface area contributed by atoms with Gasteiger partial charge in [0.15, 0.2) is 5.75 Å². The van der Waals surface area contributed by atoms with E-state index in [1.54, 1.807) is 13.8 Å². The third kappa shape index (κ3) is 4.13. The lowest BCUT2D eigenvalue weighted by molar-refractivity contribution is -0.385. The summed E-state index contributed by atoms with van der Waals surface area (Å²) in [4.78, 5) is 21.0. The van der Waals surface area contributed by atoms with Gasteiger partial charge in [0.05, 0.1) is 17.4 Å². The Balaban J connectivity index is 2.83. The number of carboxylic acids is 1. The highest BCUT2D eigenvalue weighted by atomic mass is 16.6. The van der Waals surface area contributed by atoms with Crippen LogP contribution >= 0.6 is 0 Å². The fraction of sp³-hybridized carbons (Fsp3) is 0.417. The van der Waals surface area contributed by atoms with Gasteiger partial charge in [-0.15, -0.1) is 0 Å². The lowest BCUT2D eigenvalue weighted by atomic mass is 10.2. The molecule has 1 unspecified atom stereocenters. The predicted molar refractivity (Wildman–Crippen MR) is 69.6 cm³/mol. The first kappa shape index (κ1) is 14.7. The van der Waals surface area contributed by atoms with Crippen molar-refractivity contribution < 1.29 is 19.6 Å². The summed E-state index contributed by atoms with van der Waals surface area (Å²) in [5, 5.41) is 22.5. The number of nitro benzene ring substituents is 1. The molecular formula is C12H16N2O5. The minimum atomic E-state index is -0.903. The second-order valence-corrected chi connectivity index (χ2v) is 3.99. The Labute approximate surface area is 110 Å². The molecule has 0 aromatic heterocycles. The number of hydrogen-bond donors (Lipinski definition) is 2. The number of aliphatic carboxylic acids is 1. The summed E-state index contributed by atoms with van der Waals surface area (Å²) in [5.74, 6) is -1.29. The highest BCUT2D eigenvalue weighted by Gasteiger charge is 2.16. The van der Waals surface area contributed by atoms with Gasteiger partial charge >= 0.3 is 11.7 Å². The Morgan fingerprint density at radius 2 is 2.26 bits per heavy atom. The molecule has 1 aromatic rings. The van der Waals surface area contributed by atoms with Crippen LogP contribution < -0.4 is 10.1 Å². The van der Waals surface area contributed by atoms with E-state index in [4.69, 9.17) is 9.84 Å². The van der Waals surface area contributed by atoms with Crippen LogP contribution in [0, 0.1) is 16.0 Å². The highest BCUT2D eigenvalue weighted by Crippen LogP contribution is 2.30. The van der Waals surface area contributed by atoms with Gasteiger partial charge in [0, 0.05) is 24.4 Å². The standard InChI is InChI=1S/C12H16N2O5/c1-3-19-11-6-9(4-5-10(11)14(17)18)13-7-8(2)12(15)16/h4-6,8,13H,3,7H2,1-2H3,(H,15,16). The Morgan fingerprint density at radius 1 is 1.58 bits per heavy atom. The van der Waals surface area contributed by atoms with E-state index < -0.39 is 16.8 Å². The number of ether oxygens (including phenoxy) is 1. The largest absolute Gasteiger partial charge is 0.487 e. The molecule has 7 heteroatoms. The maximum absolute atomic E-state index is 10.8. The van der Waals surface area contributed by atoms with Crippen LogP contribution in [0.2, 0.25) is 0 Å². The molecule has 0 radical (unpaired) electrons. The van der Waals surface area contributed by atoms with Crippen molar-refractivity contribution in [1.29, 1.82) is 0 Å². The van der Waals surface area contributed by atoms with Crippen molar-refractivity contribution in [2.75, 3.05) is 18.5 Å². The van der Waals surface area contributed by atoms with Crippen LogP contribution in [0.25, 0.3) is 0 Å². The van der Waals surface area contributed by atoms with E-state index in [1.165, 1.54) is 18.2 Å². The molecule has 0 amide bonds. The average Bonchev–Trinajstić information content (AvgIpc) is 2.36. The minimum Gasteiger partial charge on any atom is -0.487 e. The number of benzene rings is 1. The van der Waals surface area contributed by atoms with Gasteiger partial charge in [-0.3, -0.25) is 14.9 Å². The summed E-state index contributed by atoms with van der Waals surface area (Å²) in [7, 11) is 0. The maximum atomic E-state index is 10.8. The molecule has 0 aliphatic heterocycles. The van der Waals surface area contributed by atoms with Crippen molar-refractivity contribution in [3.63, 3.8) is 0 Å². The molecule has 7 nitrogen and oxygen atoms in total. The molecule has 1 aromatic carbocycles. The Kier molecular flexibility index (Phi) is 5.11. The summed E-state index contributed by atoms with van der Waals surface area (Å²) in [6.07, 6.45) is 0. The number of hydrogen-bond acceptors (Lipinski definition) is 5. The molecule has 0 heterocycles. The molecule has 0 bridgehead atoms. The quantitative estimate of drug-likeness (QED) is 0.580. The Morgan fingerprint density at radius 3 is 2.79 bits per heavy atom. The molecule has 0 fully saturated rings. The van der Waals surface area contributed by atoms with Gasteiger partial charge in [0.25, 0.3) is 0 Å². The maximum Gasteiger partial charge on any atom is 0.311 e. The van der Waals surface area contributed by atoms with Crippen LogP contribution in [0.3, 0.4) is 0 Å². The molecule has 19 heavy (non-hydrogen) atoms. The average molecular weight is 268 g/mol. The third-order valence-corrected chi connectivity index (χ3v) is 2.49. The molecule has 0 saturated carbocycles. The molecule has 0 aliphatic rings. The first-order chi connectivity index (χ1) is 8.95. The van der Waals surface area contributed by atoms with E-state index in [0.717, 1.165) is 0 Å². The van der Waals surface area contributed by atoms with Crippen molar-refractivity contribution in [3.05, 3.63) is 28.3 Å². The van der Waals surface area contributed by atoms with Crippen LogP contribution in [0.5, 0.6) is 5.75 Å². The molecule has 0 aliphatic carbocycles. The Hall–Kier alpha value is -2.31. The smallest absolute Gasteiger partial charge is 0.311 e. The van der Waals surface area contributed by atoms with Gasteiger partial charge in [-0.25, -0.2) is 0 Å². The number of anilines is 1. The van der Waals surface area contributed by atoms with Crippen molar-refractivity contribution in [2.45, 2.75) is 13.8 Å². The van der Waals surface area contributed by atoms with E-state index in [9.17, 15) is 14.9 Å². The van der Waals surface area contributed by atoms with E-state index in [-0.39, 0.29) is 18.0 Å².